The van der Waals surface area contributed by atoms with Gasteiger partial charge in [0.15, 0.2) is 0 Å². The second kappa shape index (κ2) is 6.92. The van der Waals surface area contributed by atoms with Gasteiger partial charge < -0.3 is 14.2 Å². The van der Waals surface area contributed by atoms with E-state index in [1.807, 2.05) is 19.1 Å². The van der Waals surface area contributed by atoms with Gasteiger partial charge in [-0.3, -0.25) is 19.2 Å². The summed E-state index contributed by atoms with van der Waals surface area (Å²) in [6.45, 7) is 1.95. The van der Waals surface area contributed by atoms with Crippen molar-refractivity contribution in [3.8, 4) is 5.75 Å². The molecule has 7 fully saturated rings. The zero-order valence-corrected chi connectivity index (χ0v) is 19.1. The van der Waals surface area contributed by atoms with Crippen molar-refractivity contribution in [1.82, 2.24) is 0 Å². The molecule has 7 heteroatoms. The Labute approximate surface area is 197 Å². The van der Waals surface area contributed by atoms with Gasteiger partial charge in [0.05, 0.1) is 17.3 Å². The number of rotatable bonds is 4. The van der Waals surface area contributed by atoms with Crippen molar-refractivity contribution in [2.45, 2.75) is 57.7 Å². The van der Waals surface area contributed by atoms with Gasteiger partial charge >= 0.3 is 17.9 Å². The molecule has 0 aromatic heterocycles. The van der Waals surface area contributed by atoms with Crippen molar-refractivity contribution >= 4 is 23.7 Å². The molecule has 34 heavy (non-hydrogen) atoms. The Kier molecular flexibility index (Phi) is 4.21. The Morgan fingerprint density at radius 3 is 2.38 bits per heavy atom. The minimum atomic E-state index is -0.673. The van der Waals surface area contributed by atoms with Gasteiger partial charge in [-0.05, 0) is 63.5 Å². The maximum absolute atomic E-state index is 13.6. The predicted molar refractivity (Wildman–Crippen MR) is 116 cm³/mol. The number of carbonyl (C=O) groups excluding carboxylic acids is 4. The van der Waals surface area contributed by atoms with Gasteiger partial charge in [0, 0.05) is 23.7 Å². The highest BCUT2D eigenvalue weighted by Gasteiger charge is 2.71. The highest BCUT2D eigenvalue weighted by Crippen LogP contribution is 2.62. The largest absolute Gasteiger partial charge is 0.458 e. The molecule has 178 valence electrons. The molecule has 7 nitrogen and oxygen atoms in total. The Hall–Kier alpha value is -2.70. The molecule has 6 aliphatic carbocycles. The molecule has 1 aliphatic heterocycles. The summed E-state index contributed by atoms with van der Waals surface area (Å²) in [7, 11) is 0. The van der Waals surface area contributed by atoms with E-state index in [1.165, 1.54) is 0 Å². The van der Waals surface area contributed by atoms with Crippen LogP contribution in [0.15, 0.2) is 24.3 Å². The Balaban J connectivity index is 1.12. The van der Waals surface area contributed by atoms with Crippen LogP contribution in [-0.4, -0.2) is 35.9 Å². The van der Waals surface area contributed by atoms with Gasteiger partial charge in [-0.15, -0.1) is 0 Å². The third-order valence-electron chi connectivity index (χ3n) is 9.73. The second-order valence-corrected chi connectivity index (χ2v) is 11.6. The zero-order valence-electron chi connectivity index (χ0n) is 19.1. The van der Waals surface area contributed by atoms with Crippen LogP contribution in [0.1, 0.15) is 44.1 Å². The molecular formula is C27H28O7. The lowest BCUT2D eigenvalue weighted by molar-refractivity contribution is -0.188. The van der Waals surface area contributed by atoms with E-state index in [-0.39, 0.29) is 35.6 Å². The van der Waals surface area contributed by atoms with Gasteiger partial charge in [0.2, 0.25) is 0 Å². The van der Waals surface area contributed by atoms with E-state index in [0.29, 0.717) is 36.7 Å². The molecule has 0 N–H and O–H groups in total. The summed E-state index contributed by atoms with van der Waals surface area (Å²) in [4.78, 5) is 52.0. The van der Waals surface area contributed by atoms with Crippen molar-refractivity contribution in [3.63, 3.8) is 0 Å². The molecule has 0 amide bonds. The number of hydrogen-bond donors (Lipinski definition) is 0. The fourth-order valence-corrected chi connectivity index (χ4v) is 8.50. The van der Waals surface area contributed by atoms with Gasteiger partial charge in [-0.25, -0.2) is 0 Å². The summed E-state index contributed by atoms with van der Waals surface area (Å²) in [6.07, 6.45) is 3.23. The molecule has 1 heterocycles. The first-order chi connectivity index (χ1) is 16.3. The van der Waals surface area contributed by atoms with Gasteiger partial charge in [-0.1, -0.05) is 17.7 Å². The van der Waals surface area contributed by atoms with Crippen LogP contribution >= 0.6 is 0 Å². The molecule has 1 aromatic carbocycles. The Bertz CT molecular complexity index is 1090. The van der Waals surface area contributed by atoms with Crippen LogP contribution in [-0.2, 0) is 28.7 Å². The molecule has 7 aliphatic rings. The third kappa shape index (κ3) is 2.75. The number of fused-ring (bicyclic) bond motifs is 1. The first-order valence-corrected chi connectivity index (χ1v) is 12.6. The van der Waals surface area contributed by atoms with Crippen LogP contribution < -0.4 is 4.74 Å². The highest BCUT2D eigenvalue weighted by molar-refractivity contribution is 5.90. The molecular weight excluding hydrogens is 436 g/mol. The van der Waals surface area contributed by atoms with E-state index >= 15 is 0 Å². The van der Waals surface area contributed by atoms with Gasteiger partial charge in [0.1, 0.15) is 23.7 Å². The van der Waals surface area contributed by atoms with E-state index in [4.69, 9.17) is 14.2 Å². The van der Waals surface area contributed by atoms with E-state index in [9.17, 15) is 19.2 Å². The fourth-order valence-electron chi connectivity index (χ4n) is 8.50. The highest BCUT2D eigenvalue weighted by atomic mass is 16.6. The lowest BCUT2D eigenvalue weighted by Gasteiger charge is -2.54. The molecule has 1 aromatic rings. The average Bonchev–Trinajstić information content (AvgIpc) is 3.42. The van der Waals surface area contributed by atoms with Crippen LogP contribution in [0.25, 0.3) is 0 Å². The van der Waals surface area contributed by atoms with Crippen LogP contribution in [0, 0.1) is 53.8 Å². The summed E-state index contributed by atoms with van der Waals surface area (Å²) in [5.74, 6) is -1.59. The fraction of sp³-hybridized carbons (Fsp3) is 0.630. The van der Waals surface area contributed by atoms with Crippen molar-refractivity contribution in [1.29, 1.82) is 0 Å². The standard InChI is InChI=1S/C27H28O7/c1-12-2-4-16(5-3-12)32-24(29)19-18-8-17-20(19)25(30)33-22(17)23(18)34-26(31)27-9-13-6-14(10-27)21(28)15(7-13)11-27/h2-5,13-15,17-20,22-23H,6-11H2,1H3/t13?,14?,15?,17-,18?,19?,20?,22?,23?,27?/m0/s1. The first kappa shape index (κ1) is 20.7. The molecule has 8 rings (SSSR count). The molecule has 0 radical (unpaired) electrons. The summed E-state index contributed by atoms with van der Waals surface area (Å²) >= 11 is 0. The normalized spacial score (nSPS) is 44.9. The first-order valence-electron chi connectivity index (χ1n) is 12.6. The number of carbonyl (C=O) groups is 4. The second-order valence-electron chi connectivity index (χ2n) is 11.6. The molecule has 0 spiro atoms. The SMILES string of the molecule is Cc1ccc(OC(=O)C2C3C[C@@H]4C(OC(=O)C24)C3OC(=O)C23CC4CC(C2)C(=O)C(C4)C3)cc1. The summed E-state index contributed by atoms with van der Waals surface area (Å²) in [6, 6.07) is 7.21. The van der Waals surface area contributed by atoms with Crippen molar-refractivity contribution in [2.75, 3.05) is 0 Å². The summed E-state index contributed by atoms with van der Waals surface area (Å²) in [5, 5.41) is 0. The Morgan fingerprint density at radius 1 is 0.971 bits per heavy atom. The van der Waals surface area contributed by atoms with E-state index in [2.05, 4.69) is 0 Å². The quantitative estimate of drug-likeness (QED) is 0.499. The van der Waals surface area contributed by atoms with Crippen molar-refractivity contribution < 1.29 is 33.4 Å². The minimum Gasteiger partial charge on any atom is -0.458 e. The molecule has 7 unspecified atom stereocenters. The van der Waals surface area contributed by atoms with Gasteiger partial charge in [-0.2, -0.15) is 0 Å². The number of hydrogen-bond acceptors (Lipinski definition) is 7. The van der Waals surface area contributed by atoms with Crippen LogP contribution in [0.5, 0.6) is 5.75 Å². The minimum absolute atomic E-state index is 0.0234. The molecule has 6 saturated carbocycles. The van der Waals surface area contributed by atoms with Crippen LogP contribution in [0.2, 0.25) is 0 Å². The van der Waals surface area contributed by atoms with E-state index in [0.717, 1.165) is 24.8 Å². The Morgan fingerprint density at radius 2 is 1.68 bits per heavy atom. The number of Topliss-reactive ketones (excluding diaryl/α,β-unsaturated/α-hetero) is 1. The molecule has 6 bridgehead atoms. The van der Waals surface area contributed by atoms with Gasteiger partial charge in [0.25, 0.3) is 0 Å². The van der Waals surface area contributed by atoms with E-state index < -0.39 is 35.4 Å². The number of benzene rings is 1. The number of ether oxygens (including phenoxy) is 3. The van der Waals surface area contributed by atoms with E-state index in [1.54, 1.807) is 12.1 Å². The van der Waals surface area contributed by atoms with Crippen molar-refractivity contribution in [3.05, 3.63) is 29.8 Å². The molecule has 8 atom stereocenters. The molecule has 1 saturated heterocycles. The van der Waals surface area contributed by atoms with Crippen molar-refractivity contribution in [2.24, 2.45) is 46.8 Å². The van der Waals surface area contributed by atoms with Crippen LogP contribution in [0.3, 0.4) is 0 Å². The lowest BCUT2D eigenvalue weighted by atomic mass is 9.49. The third-order valence-corrected chi connectivity index (χ3v) is 9.73. The number of esters is 3. The zero-order chi connectivity index (χ0) is 23.4. The predicted octanol–water partition coefficient (Wildman–Crippen LogP) is 3.02. The monoisotopic (exact) mass is 464 g/mol. The maximum atomic E-state index is 13.6. The number of ketones is 1. The summed E-state index contributed by atoms with van der Waals surface area (Å²) in [5.41, 5.74) is 0.451. The topological polar surface area (TPSA) is 96.0 Å². The summed E-state index contributed by atoms with van der Waals surface area (Å²) < 4.78 is 17.5. The maximum Gasteiger partial charge on any atom is 0.315 e. The van der Waals surface area contributed by atoms with Crippen LogP contribution in [0.4, 0.5) is 0 Å². The average molecular weight is 465 g/mol. The smallest absolute Gasteiger partial charge is 0.315 e. The number of aryl methyl sites for hydroxylation is 1. The lowest BCUT2D eigenvalue weighted by Crippen LogP contribution is -2.56.